The second-order valence-corrected chi connectivity index (χ2v) is 7.64. The van der Waals surface area contributed by atoms with E-state index in [1.54, 1.807) is 0 Å². The van der Waals surface area contributed by atoms with Crippen molar-refractivity contribution >= 4 is 17.5 Å². The van der Waals surface area contributed by atoms with Crippen LogP contribution >= 0.6 is 0 Å². The molecule has 0 radical (unpaired) electrons. The molecular formula is C19H18F7N5O2. The fraction of sp³-hybridized carbons (Fsp3) is 0.474. The minimum Gasteiger partial charge on any atom is -0.364 e. The van der Waals surface area contributed by atoms with Crippen molar-refractivity contribution in [3.63, 3.8) is 0 Å². The summed E-state index contributed by atoms with van der Waals surface area (Å²) >= 11 is 0. The van der Waals surface area contributed by atoms with Crippen LogP contribution in [0.1, 0.15) is 64.3 Å². The Morgan fingerprint density at radius 1 is 1.24 bits per heavy atom. The predicted molar refractivity (Wildman–Crippen MR) is 99.8 cm³/mol. The molecule has 0 spiro atoms. The van der Waals surface area contributed by atoms with Crippen molar-refractivity contribution in [1.82, 2.24) is 14.8 Å². The number of alkyl halides is 7. The lowest BCUT2D eigenvalue weighted by molar-refractivity contribution is -0.139. The van der Waals surface area contributed by atoms with Gasteiger partial charge < -0.3 is 11.1 Å². The van der Waals surface area contributed by atoms with Gasteiger partial charge in [0.1, 0.15) is 22.6 Å². The highest BCUT2D eigenvalue weighted by Crippen LogP contribution is 2.41. The fourth-order valence-corrected chi connectivity index (χ4v) is 3.64. The van der Waals surface area contributed by atoms with Gasteiger partial charge in [0.15, 0.2) is 0 Å². The maximum Gasteiger partial charge on any atom is 0.420 e. The molecule has 0 saturated heterocycles. The van der Waals surface area contributed by atoms with Gasteiger partial charge in [0.05, 0.1) is 0 Å². The van der Waals surface area contributed by atoms with Gasteiger partial charge >= 0.3 is 6.18 Å². The van der Waals surface area contributed by atoms with Crippen LogP contribution in [0.3, 0.4) is 0 Å². The number of carbonyl (C=O) groups excluding carboxylic acids is 2. The molecule has 1 fully saturated rings. The van der Waals surface area contributed by atoms with E-state index in [1.165, 1.54) is 0 Å². The number of nitrogens with one attached hydrogen (secondary N) is 1. The molecule has 0 aromatic carbocycles. The van der Waals surface area contributed by atoms with Crippen LogP contribution in [0, 0.1) is 5.92 Å². The summed E-state index contributed by atoms with van der Waals surface area (Å²) in [6, 6.07) is 2.14. The van der Waals surface area contributed by atoms with Gasteiger partial charge in [0, 0.05) is 31.3 Å². The summed E-state index contributed by atoms with van der Waals surface area (Å²) in [6.45, 7) is -0.433. The van der Waals surface area contributed by atoms with E-state index in [1.807, 2.05) is 0 Å². The molecule has 3 N–H and O–H groups in total. The van der Waals surface area contributed by atoms with Crippen LogP contribution in [0.2, 0.25) is 0 Å². The van der Waals surface area contributed by atoms with E-state index in [0.29, 0.717) is 4.68 Å². The number of carbonyl (C=O) groups is 2. The Balaban J connectivity index is 2.00. The van der Waals surface area contributed by atoms with Crippen LogP contribution in [-0.2, 0) is 12.7 Å². The third kappa shape index (κ3) is 5.60. The first-order chi connectivity index (χ1) is 15.3. The smallest absolute Gasteiger partial charge is 0.364 e. The highest BCUT2D eigenvalue weighted by atomic mass is 19.4. The molecule has 14 heteroatoms. The monoisotopic (exact) mass is 481 g/mol. The summed E-state index contributed by atoms with van der Waals surface area (Å²) in [5, 5.41) is 5.42. The first-order valence-electron chi connectivity index (χ1n) is 9.69. The van der Waals surface area contributed by atoms with Crippen LogP contribution < -0.4 is 11.1 Å². The Kier molecular flexibility index (Phi) is 6.65. The Morgan fingerprint density at radius 2 is 1.88 bits per heavy atom. The van der Waals surface area contributed by atoms with Crippen LogP contribution in [0.5, 0.6) is 0 Å². The van der Waals surface area contributed by atoms with Crippen LogP contribution in [0.15, 0.2) is 18.3 Å². The summed E-state index contributed by atoms with van der Waals surface area (Å²) in [4.78, 5) is 27.7. The number of rotatable bonds is 6. The highest BCUT2D eigenvalue weighted by Gasteiger charge is 2.45. The van der Waals surface area contributed by atoms with Gasteiger partial charge in [-0.3, -0.25) is 19.3 Å². The maximum atomic E-state index is 13.7. The average Bonchev–Trinajstić information content (AvgIpc) is 3.10. The van der Waals surface area contributed by atoms with Crippen molar-refractivity contribution in [2.75, 3.05) is 5.32 Å². The van der Waals surface area contributed by atoms with Gasteiger partial charge in [-0.15, -0.1) is 0 Å². The first-order valence-corrected chi connectivity index (χ1v) is 9.69. The van der Waals surface area contributed by atoms with E-state index in [4.69, 9.17) is 5.73 Å². The van der Waals surface area contributed by atoms with Gasteiger partial charge in [0.2, 0.25) is 5.92 Å². The number of amides is 2. The zero-order valence-electron chi connectivity index (χ0n) is 16.8. The number of nitrogens with zero attached hydrogens (tertiary/aromatic N) is 3. The van der Waals surface area contributed by atoms with E-state index in [2.05, 4.69) is 15.4 Å². The van der Waals surface area contributed by atoms with Gasteiger partial charge in [-0.1, -0.05) is 0 Å². The van der Waals surface area contributed by atoms with E-state index >= 15 is 0 Å². The predicted octanol–water partition coefficient (Wildman–Crippen LogP) is 4.41. The summed E-state index contributed by atoms with van der Waals surface area (Å²) in [5.74, 6) is -5.90. The van der Waals surface area contributed by atoms with E-state index in [9.17, 15) is 40.3 Å². The Labute approximate surface area is 182 Å². The van der Waals surface area contributed by atoms with Gasteiger partial charge in [-0.05, 0) is 30.9 Å². The SMILES string of the molecule is NC(=O)c1cc(NC(=O)c2c(C(F)(F)F)c(C(F)F)nn2CC2CCC(F)(F)CC2)ccn1. The molecule has 3 rings (SSSR count). The average molecular weight is 481 g/mol. The first kappa shape index (κ1) is 24.5. The summed E-state index contributed by atoms with van der Waals surface area (Å²) in [5.41, 5.74) is -0.129. The molecule has 2 aromatic rings. The van der Waals surface area contributed by atoms with Crippen molar-refractivity contribution in [3.8, 4) is 0 Å². The third-order valence-corrected chi connectivity index (χ3v) is 5.22. The summed E-state index contributed by atoms with van der Waals surface area (Å²) in [7, 11) is 0. The molecule has 1 aliphatic carbocycles. The van der Waals surface area contributed by atoms with Crippen LogP contribution in [0.4, 0.5) is 36.4 Å². The topological polar surface area (TPSA) is 103 Å². The number of anilines is 1. The number of primary amides is 1. The van der Waals surface area contributed by atoms with Crippen LogP contribution in [-0.4, -0.2) is 32.5 Å². The van der Waals surface area contributed by atoms with Crippen LogP contribution in [0.25, 0.3) is 0 Å². The summed E-state index contributed by atoms with van der Waals surface area (Å²) < 4.78 is 95.2. The number of halogens is 7. The fourth-order valence-electron chi connectivity index (χ4n) is 3.64. The maximum absolute atomic E-state index is 13.7. The zero-order chi connectivity index (χ0) is 24.6. The largest absolute Gasteiger partial charge is 0.420 e. The quantitative estimate of drug-likeness (QED) is 0.597. The van der Waals surface area contributed by atoms with E-state index in [0.717, 1.165) is 18.3 Å². The minimum absolute atomic E-state index is 0.0778. The van der Waals surface area contributed by atoms with Gasteiger partial charge in [0.25, 0.3) is 18.2 Å². The molecule has 2 amide bonds. The zero-order valence-corrected chi connectivity index (χ0v) is 16.8. The number of hydrogen-bond donors (Lipinski definition) is 2. The lowest BCUT2D eigenvalue weighted by atomic mass is 9.87. The molecular weight excluding hydrogens is 463 g/mol. The molecule has 2 aromatic heterocycles. The standard InChI is InChI=1S/C19H18F7N5O2/c20-15(21)13-12(19(24,25)26)14(17(33)29-10-3-6-28-11(7-10)16(27)32)31(30-13)8-9-1-4-18(22,23)5-2-9/h3,6-7,9,15H,1-2,4-5,8H2,(H2,27,32)(H,28,29,33). The van der Waals surface area contributed by atoms with Crippen molar-refractivity contribution < 1.29 is 40.3 Å². The van der Waals surface area contributed by atoms with E-state index < -0.39 is 72.6 Å². The lowest BCUT2D eigenvalue weighted by Crippen LogP contribution is -2.29. The molecule has 0 bridgehead atoms. The van der Waals surface area contributed by atoms with Gasteiger partial charge in [-0.25, -0.2) is 17.6 Å². The second kappa shape index (κ2) is 8.98. The molecule has 7 nitrogen and oxygen atoms in total. The minimum atomic E-state index is -5.35. The van der Waals surface area contributed by atoms with E-state index in [-0.39, 0.29) is 24.2 Å². The molecule has 2 heterocycles. The Hall–Kier alpha value is -3.19. The Bertz CT molecular complexity index is 1040. The molecule has 0 aliphatic heterocycles. The highest BCUT2D eigenvalue weighted by molar-refractivity contribution is 6.05. The number of pyridine rings is 1. The van der Waals surface area contributed by atoms with Crippen molar-refractivity contribution in [2.24, 2.45) is 11.7 Å². The van der Waals surface area contributed by atoms with Crippen molar-refractivity contribution in [2.45, 2.75) is 50.8 Å². The van der Waals surface area contributed by atoms with Crippen molar-refractivity contribution in [3.05, 3.63) is 41.0 Å². The number of aromatic nitrogens is 3. The molecule has 1 saturated carbocycles. The normalized spacial score (nSPS) is 16.7. The molecule has 33 heavy (non-hydrogen) atoms. The molecule has 1 aliphatic rings. The number of hydrogen-bond acceptors (Lipinski definition) is 4. The Morgan fingerprint density at radius 3 is 2.42 bits per heavy atom. The summed E-state index contributed by atoms with van der Waals surface area (Å²) in [6.07, 6.45) is -9.12. The second-order valence-electron chi connectivity index (χ2n) is 7.64. The lowest BCUT2D eigenvalue weighted by Gasteiger charge is -2.28. The molecule has 180 valence electrons. The number of nitrogens with two attached hydrogens (primary N) is 1. The van der Waals surface area contributed by atoms with Crippen molar-refractivity contribution in [1.29, 1.82) is 0 Å². The third-order valence-electron chi connectivity index (χ3n) is 5.22. The van der Waals surface area contributed by atoms with Gasteiger partial charge in [-0.2, -0.15) is 18.3 Å². The molecule has 0 unspecified atom stereocenters. The molecule has 0 atom stereocenters.